The number of amides is 2. The Morgan fingerprint density at radius 2 is 1.96 bits per heavy atom. The van der Waals surface area contributed by atoms with Crippen molar-refractivity contribution in [2.75, 3.05) is 26.2 Å². The van der Waals surface area contributed by atoms with Crippen LogP contribution >= 0.6 is 0 Å². The fourth-order valence-electron chi connectivity index (χ4n) is 3.49. The van der Waals surface area contributed by atoms with Crippen molar-refractivity contribution in [2.45, 2.75) is 19.8 Å². The highest BCUT2D eigenvalue weighted by Crippen LogP contribution is 2.18. The number of benzene rings is 1. The highest BCUT2D eigenvalue weighted by molar-refractivity contribution is 5.92. The Bertz CT molecular complexity index is 961. The quantitative estimate of drug-likeness (QED) is 0.772. The lowest BCUT2D eigenvalue weighted by atomic mass is 10.1. The minimum atomic E-state index is -0.0128. The number of nitrogens with zero attached hydrogens (tertiary/aromatic N) is 3. The molecule has 2 amide bonds. The van der Waals surface area contributed by atoms with Crippen molar-refractivity contribution in [3.63, 3.8) is 0 Å². The zero-order valence-corrected chi connectivity index (χ0v) is 15.3. The van der Waals surface area contributed by atoms with Gasteiger partial charge in [0, 0.05) is 39.3 Å². The van der Waals surface area contributed by atoms with E-state index in [-0.39, 0.29) is 11.8 Å². The second-order valence-corrected chi connectivity index (χ2v) is 6.82. The van der Waals surface area contributed by atoms with Crippen LogP contribution in [-0.4, -0.2) is 57.8 Å². The lowest BCUT2D eigenvalue weighted by Crippen LogP contribution is -2.38. The monoisotopic (exact) mass is 366 g/mol. The number of hydrogen-bond acceptors (Lipinski definition) is 4. The number of aromatic nitrogens is 2. The van der Waals surface area contributed by atoms with Gasteiger partial charge in [-0.05, 0) is 36.2 Å². The topological polar surface area (TPSA) is 82.4 Å². The molecule has 1 aromatic carbocycles. The molecule has 3 aromatic rings. The Morgan fingerprint density at radius 3 is 2.78 bits per heavy atom. The molecule has 0 aliphatic carbocycles. The molecule has 1 aliphatic rings. The maximum Gasteiger partial charge on any atom is 0.270 e. The molecule has 7 heteroatoms. The molecule has 2 aromatic heterocycles. The summed E-state index contributed by atoms with van der Waals surface area (Å²) >= 11 is 0. The molecule has 3 heterocycles. The second-order valence-electron chi connectivity index (χ2n) is 6.82. The largest absolute Gasteiger partial charge is 0.441 e. The molecule has 0 saturated carbocycles. The van der Waals surface area contributed by atoms with E-state index in [1.807, 2.05) is 41.0 Å². The zero-order valence-electron chi connectivity index (χ0n) is 15.3. The number of aromatic amines is 1. The van der Waals surface area contributed by atoms with E-state index >= 15 is 0 Å². The van der Waals surface area contributed by atoms with Crippen LogP contribution in [0.5, 0.6) is 0 Å². The molecule has 0 radical (unpaired) electrons. The van der Waals surface area contributed by atoms with Gasteiger partial charge in [-0.15, -0.1) is 0 Å². The first-order chi connectivity index (χ1) is 13.1. The van der Waals surface area contributed by atoms with E-state index in [0.717, 1.165) is 23.1 Å². The van der Waals surface area contributed by atoms with Crippen molar-refractivity contribution in [1.82, 2.24) is 19.8 Å². The number of rotatable bonds is 3. The minimum absolute atomic E-state index is 0.0128. The summed E-state index contributed by atoms with van der Waals surface area (Å²) in [6.45, 7) is 4.23. The molecule has 7 nitrogen and oxygen atoms in total. The molecule has 0 unspecified atom stereocenters. The van der Waals surface area contributed by atoms with Crippen molar-refractivity contribution in [1.29, 1.82) is 0 Å². The number of fused-ring (bicyclic) bond motifs is 1. The molecule has 27 heavy (non-hydrogen) atoms. The Hall–Kier alpha value is -3.09. The average Bonchev–Trinajstić information content (AvgIpc) is 3.23. The SMILES string of the molecule is Cc1nc2cc(CC(=O)N3CCCN(C(=O)c4ccc[nH]4)CC3)ccc2o1. The first-order valence-electron chi connectivity index (χ1n) is 9.16. The van der Waals surface area contributed by atoms with Crippen LogP contribution in [0.2, 0.25) is 0 Å². The molecule has 1 aliphatic heterocycles. The van der Waals surface area contributed by atoms with Crippen LogP contribution < -0.4 is 0 Å². The summed E-state index contributed by atoms with van der Waals surface area (Å²) < 4.78 is 5.48. The zero-order chi connectivity index (χ0) is 18.8. The number of carbonyl (C=O) groups excluding carboxylic acids is 2. The standard InChI is InChI=1S/C20H22N4O3/c1-14-22-17-12-15(5-6-18(17)27-14)13-19(25)23-8-3-9-24(11-10-23)20(26)16-4-2-7-21-16/h2,4-7,12,21H,3,8-11,13H2,1H3. The van der Waals surface area contributed by atoms with Gasteiger partial charge in [-0.1, -0.05) is 6.07 Å². The molecule has 1 fully saturated rings. The van der Waals surface area contributed by atoms with E-state index in [4.69, 9.17) is 4.42 Å². The van der Waals surface area contributed by atoms with Gasteiger partial charge in [0.05, 0.1) is 6.42 Å². The highest BCUT2D eigenvalue weighted by Gasteiger charge is 2.23. The number of oxazole rings is 1. The predicted molar refractivity (Wildman–Crippen MR) is 100 cm³/mol. The van der Waals surface area contributed by atoms with Gasteiger partial charge < -0.3 is 19.2 Å². The molecule has 1 saturated heterocycles. The Balaban J connectivity index is 1.39. The molecule has 1 N–H and O–H groups in total. The van der Waals surface area contributed by atoms with Crippen LogP contribution in [0.4, 0.5) is 0 Å². The Labute approximate surface area is 157 Å². The maximum atomic E-state index is 12.7. The minimum Gasteiger partial charge on any atom is -0.441 e. The third-order valence-corrected chi connectivity index (χ3v) is 4.88. The first kappa shape index (κ1) is 17.3. The van der Waals surface area contributed by atoms with Crippen LogP contribution in [0, 0.1) is 6.92 Å². The van der Waals surface area contributed by atoms with Crippen molar-refractivity contribution < 1.29 is 14.0 Å². The van der Waals surface area contributed by atoms with E-state index in [1.54, 1.807) is 12.3 Å². The van der Waals surface area contributed by atoms with Crippen LogP contribution in [0.1, 0.15) is 28.4 Å². The summed E-state index contributed by atoms with van der Waals surface area (Å²) in [4.78, 5) is 36.2. The van der Waals surface area contributed by atoms with Gasteiger partial charge >= 0.3 is 0 Å². The smallest absolute Gasteiger partial charge is 0.270 e. The molecule has 0 spiro atoms. The van der Waals surface area contributed by atoms with Crippen LogP contribution in [0.25, 0.3) is 11.1 Å². The van der Waals surface area contributed by atoms with Crippen molar-refractivity contribution in [3.05, 3.63) is 53.7 Å². The third-order valence-electron chi connectivity index (χ3n) is 4.88. The molecule has 0 bridgehead atoms. The van der Waals surface area contributed by atoms with Gasteiger partial charge in [-0.3, -0.25) is 9.59 Å². The predicted octanol–water partition coefficient (Wildman–Crippen LogP) is 2.38. The fraction of sp³-hybridized carbons (Fsp3) is 0.350. The lowest BCUT2D eigenvalue weighted by Gasteiger charge is -2.22. The third kappa shape index (κ3) is 3.72. The summed E-state index contributed by atoms with van der Waals surface area (Å²) in [7, 11) is 0. The van der Waals surface area contributed by atoms with E-state index in [1.165, 1.54) is 0 Å². The van der Waals surface area contributed by atoms with Crippen LogP contribution in [0.3, 0.4) is 0 Å². The summed E-state index contributed by atoms with van der Waals surface area (Å²) in [6, 6.07) is 9.26. The van der Waals surface area contributed by atoms with E-state index < -0.39 is 0 Å². The summed E-state index contributed by atoms with van der Waals surface area (Å²) in [5.74, 6) is 0.678. The maximum absolute atomic E-state index is 12.7. The van der Waals surface area contributed by atoms with E-state index in [0.29, 0.717) is 44.2 Å². The first-order valence-corrected chi connectivity index (χ1v) is 9.16. The van der Waals surface area contributed by atoms with Crippen LogP contribution in [0.15, 0.2) is 40.9 Å². The number of nitrogens with one attached hydrogen (secondary N) is 1. The molecular formula is C20H22N4O3. The average molecular weight is 366 g/mol. The van der Waals surface area contributed by atoms with Gasteiger partial charge in [-0.2, -0.15) is 0 Å². The Kier molecular flexibility index (Phi) is 4.66. The number of H-pyrrole nitrogens is 1. The highest BCUT2D eigenvalue weighted by atomic mass is 16.3. The van der Waals surface area contributed by atoms with Gasteiger partial charge in [0.1, 0.15) is 11.2 Å². The molecule has 0 atom stereocenters. The van der Waals surface area contributed by atoms with Crippen molar-refractivity contribution >= 4 is 22.9 Å². The second kappa shape index (κ2) is 7.26. The molecule has 4 rings (SSSR count). The van der Waals surface area contributed by atoms with E-state index in [2.05, 4.69) is 9.97 Å². The summed E-state index contributed by atoms with van der Waals surface area (Å²) in [5, 5.41) is 0. The fourth-order valence-corrected chi connectivity index (χ4v) is 3.49. The van der Waals surface area contributed by atoms with Gasteiger partial charge in [0.2, 0.25) is 5.91 Å². The molecular weight excluding hydrogens is 344 g/mol. The number of hydrogen-bond donors (Lipinski definition) is 1. The normalized spacial score (nSPS) is 15.1. The summed E-state index contributed by atoms with van der Waals surface area (Å²) in [5.41, 5.74) is 3.02. The molecule has 140 valence electrons. The number of carbonyl (C=O) groups is 2. The van der Waals surface area contributed by atoms with E-state index in [9.17, 15) is 9.59 Å². The van der Waals surface area contributed by atoms with Gasteiger partial charge in [-0.25, -0.2) is 4.98 Å². The van der Waals surface area contributed by atoms with Crippen molar-refractivity contribution in [3.8, 4) is 0 Å². The Morgan fingerprint density at radius 1 is 1.15 bits per heavy atom. The number of aryl methyl sites for hydroxylation is 1. The van der Waals surface area contributed by atoms with Gasteiger partial charge in [0.25, 0.3) is 5.91 Å². The summed E-state index contributed by atoms with van der Waals surface area (Å²) in [6.07, 6.45) is 2.85. The van der Waals surface area contributed by atoms with Crippen molar-refractivity contribution in [2.24, 2.45) is 0 Å². The lowest BCUT2D eigenvalue weighted by molar-refractivity contribution is -0.130. The van der Waals surface area contributed by atoms with Gasteiger partial charge in [0.15, 0.2) is 11.5 Å². The van der Waals surface area contributed by atoms with Crippen LogP contribution in [-0.2, 0) is 11.2 Å².